The van der Waals surface area contributed by atoms with Crippen molar-refractivity contribution in [1.29, 1.82) is 0 Å². The third-order valence-electron chi connectivity index (χ3n) is 3.72. The molecule has 2 rings (SSSR count). The van der Waals surface area contributed by atoms with Crippen molar-refractivity contribution < 1.29 is 23.7 Å². The van der Waals surface area contributed by atoms with Crippen molar-refractivity contribution in [2.24, 2.45) is 0 Å². The first-order valence-electron chi connectivity index (χ1n) is 6.93. The van der Waals surface area contributed by atoms with E-state index >= 15 is 0 Å². The molecule has 0 aliphatic carbocycles. The molecular formula is C16H17FNO4P. The van der Waals surface area contributed by atoms with Gasteiger partial charge in [-0.15, -0.1) is 0 Å². The Morgan fingerprint density at radius 3 is 2.39 bits per heavy atom. The number of carboxylic acid groups (broad SMARTS) is 1. The number of pyridine rings is 1. The summed E-state index contributed by atoms with van der Waals surface area (Å²) in [6.45, 7) is 1.08. The Kier molecular flexibility index (Phi) is 4.97. The van der Waals surface area contributed by atoms with Gasteiger partial charge >= 0.3 is 5.97 Å². The SMILES string of the molecule is CC(C(=O)O)(c1ccccn1)C(F)P(=O)(O)Cc1ccccc1. The zero-order valence-electron chi connectivity index (χ0n) is 12.5. The van der Waals surface area contributed by atoms with Crippen LogP contribution >= 0.6 is 7.37 Å². The van der Waals surface area contributed by atoms with E-state index in [1.165, 1.54) is 18.3 Å². The van der Waals surface area contributed by atoms with Crippen LogP contribution < -0.4 is 0 Å². The first-order chi connectivity index (χ1) is 10.8. The maximum atomic E-state index is 14.9. The largest absolute Gasteiger partial charge is 0.480 e. The fourth-order valence-corrected chi connectivity index (χ4v) is 4.28. The molecule has 3 atom stereocenters. The standard InChI is InChI=1S/C16H17FNO4P/c1-16(15(19)20,13-9-5-6-10-18-13)14(17)23(21,22)11-12-7-3-2-4-8-12/h2-10,14H,11H2,1H3,(H,19,20)(H,21,22). The molecule has 2 N–H and O–H groups in total. The smallest absolute Gasteiger partial charge is 0.319 e. The Morgan fingerprint density at radius 1 is 1.26 bits per heavy atom. The van der Waals surface area contributed by atoms with Crippen molar-refractivity contribution >= 4 is 13.3 Å². The van der Waals surface area contributed by atoms with E-state index < -0.39 is 30.8 Å². The molecule has 2 aromatic rings. The molecule has 122 valence electrons. The number of alkyl halides is 1. The quantitative estimate of drug-likeness (QED) is 0.791. The predicted octanol–water partition coefficient (Wildman–Crippen LogP) is 3.19. The maximum Gasteiger partial charge on any atom is 0.319 e. The molecule has 1 heterocycles. The van der Waals surface area contributed by atoms with Crippen LogP contribution in [0.5, 0.6) is 0 Å². The Morgan fingerprint density at radius 2 is 1.87 bits per heavy atom. The van der Waals surface area contributed by atoms with Crippen molar-refractivity contribution in [2.75, 3.05) is 0 Å². The number of halogens is 1. The molecule has 1 aromatic heterocycles. The van der Waals surface area contributed by atoms with Gasteiger partial charge in [-0.1, -0.05) is 36.4 Å². The van der Waals surface area contributed by atoms with Gasteiger partial charge in [-0.05, 0) is 24.6 Å². The van der Waals surface area contributed by atoms with E-state index in [9.17, 15) is 23.7 Å². The molecule has 0 aliphatic heterocycles. The van der Waals surface area contributed by atoms with Crippen molar-refractivity contribution in [3.8, 4) is 0 Å². The van der Waals surface area contributed by atoms with Crippen LogP contribution in [0.15, 0.2) is 54.7 Å². The number of benzene rings is 1. The van der Waals surface area contributed by atoms with E-state index in [2.05, 4.69) is 4.98 Å². The summed E-state index contributed by atoms with van der Waals surface area (Å²) < 4.78 is 27.4. The van der Waals surface area contributed by atoms with Crippen LogP contribution in [0.2, 0.25) is 0 Å². The fraction of sp³-hybridized carbons (Fsp3) is 0.250. The predicted molar refractivity (Wildman–Crippen MR) is 84.1 cm³/mol. The van der Waals surface area contributed by atoms with E-state index in [0.717, 1.165) is 6.92 Å². The minimum Gasteiger partial charge on any atom is -0.480 e. The third-order valence-corrected chi connectivity index (χ3v) is 5.77. The number of aromatic nitrogens is 1. The lowest BCUT2D eigenvalue weighted by molar-refractivity contribution is -0.144. The van der Waals surface area contributed by atoms with Gasteiger partial charge in [-0.25, -0.2) is 4.39 Å². The summed E-state index contributed by atoms with van der Waals surface area (Å²) in [4.78, 5) is 25.7. The molecule has 0 fully saturated rings. The molecule has 0 bridgehead atoms. The molecule has 0 radical (unpaired) electrons. The lowest BCUT2D eigenvalue weighted by Gasteiger charge is -2.30. The van der Waals surface area contributed by atoms with Gasteiger partial charge in [0.2, 0.25) is 7.37 Å². The summed E-state index contributed by atoms with van der Waals surface area (Å²) in [6.07, 6.45) is 0.882. The van der Waals surface area contributed by atoms with Gasteiger partial charge in [-0.2, -0.15) is 0 Å². The average molecular weight is 337 g/mol. The highest BCUT2D eigenvalue weighted by Gasteiger charge is 2.53. The summed E-state index contributed by atoms with van der Waals surface area (Å²) in [7, 11) is -4.43. The zero-order chi connectivity index (χ0) is 17.1. The Bertz CT molecular complexity index is 725. The summed E-state index contributed by atoms with van der Waals surface area (Å²) in [5.41, 5.74) is -1.84. The molecule has 5 nitrogen and oxygen atoms in total. The number of carboxylic acids is 1. The molecule has 0 aliphatic rings. The Balaban J connectivity index is 2.40. The second kappa shape index (κ2) is 6.60. The van der Waals surface area contributed by atoms with Crippen LogP contribution in [0, 0.1) is 0 Å². The lowest BCUT2D eigenvalue weighted by atomic mass is 9.87. The molecule has 23 heavy (non-hydrogen) atoms. The Labute approximate surface area is 133 Å². The minimum absolute atomic E-state index is 0.0951. The van der Waals surface area contributed by atoms with Gasteiger partial charge < -0.3 is 10.00 Å². The topological polar surface area (TPSA) is 87.5 Å². The number of hydrogen-bond donors (Lipinski definition) is 2. The van der Waals surface area contributed by atoms with Crippen LogP contribution in [-0.2, 0) is 20.9 Å². The third kappa shape index (κ3) is 3.49. The lowest BCUT2D eigenvalue weighted by Crippen LogP contribution is -2.42. The summed E-state index contributed by atoms with van der Waals surface area (Å²) in [6, 6.07) is 12.6. The van der Waals surface area contributed by atoms with E-state index in [0.29, 0.717) is 5.56 Å². The molecule has 0 saturated carbocycles. The molecule has 0 saturated heterocycles. The first-order valence-corrected chi connectivity index (χ1v) is 8.84. The summed E-state index contributed by atoms with van der Waals surface area (Å²) in [5, 5.41) is 9.47. The van der Waals surface area contributed by atoms with Gasteiger partial charge in [0.1, 0.15) is 5.41 Å². The van der Waals surface area contributed by atoms with Gasteiger partial charge in [0.25, 0.3) is 0 Å². The normalized spacial score (nSPS) is 17.7. The van der Waals surface area contributed by atoms with E-state index in [1.807, 2.05) is 0 Å². The number of aliphatic carboxylic acids is 1. The first kappa shape index (κ1) is 17.3. The molecule has 7 heteroatoms. The van der Waals surface area contributed by atoms with Crippen molar-refractivity contribution in [3.05, 3.63) is 66.0 Å². The fourth-order valence-electron chi connectivity index (χ4n) is 2.33. The highest BCUT2D eigenvalue weighted by atomic mass is 31.2. The number of nitrogens with zero attached hydrogens (tertiary/aromatic N) is 1. The Hall–Kier alpha value is -2.04. The van der Waals surface area contributed by atoms with Gasteiger partial charge in [0.15, 0.2) is 5.91 Å². The van der Waals surface area contributed by atoms with Crippen LogP contribution in [0.25, 0.3) is 0 Å². The molecule has 0 amide bonds. The van der Waals surface area contributed by atoms with Crippen molar-refractivity contribution in [2.45, 2.75) is 24.4 Å². The van der Waals surface area contributed by atoms with E-state index in [1.54, 1.807) is 36.4 Å². The second-order valence-electron chi connectivity index (χ2n) is 5.46. The van der Waals surface area contributed by atoms with Crippen LogP contribution in [0.4, 0.5) is 4.39 Å². The van der Waals surface area contributed by atoms with Gasteiger partial charge in [0.05, 0.1) is 11.9 Å². The summed E-state index contributed by atoms with van der Waals surface area (Å²) in [5.74, 6) is -4.02. The number of hydrogen-bond acceptors (Lipinski definition) is 3. The number of carbonyl (C=O) groups is 1. The van der Waals surface area contributed by atoms with E-state index in [-0.39, 0.29) is 5.69 Å². The van der Waals surface area contributed by atoms with Crippen molar-refractivity contribution in [3.63, 3.8) is 0 Å². The molecule has 1 aromatic carbocycles. The molecule has 3 unspecified atom stereocenters. The van der Waals surface area contributed by atoms with Gasteiger partial charge in [-0.3, -0.25) is 14.3 Å². The van der Waals surface area contributed by atoms with Crippen LogP contribution in [0.3, 0.4) is 0 Å². The highest BCUT2D eigenvalue weighted by Crippen LogP contribution is 2.56. The van der Waals surface area contributed by atoms with Crippen LogP contribution in [-0.4, -0.2) is 26.9 Å². The minimum atomic E-state index is -4.43. The maximum absolute atomic E-state index is 14.9. The van der Waals surface area contributed by atoms with Gasteiger partial charge in [0, 0.05) is 6.20 Å². The average Bonchev–Trinajstić information content (AvgIpc) is 2.54. The molecular weight excluding hydrogens is 320 g/mol. The highest BCUT2D eigenvalue weighted by molar-refractivity contribution is 7.57. The number of rotatable bonds is 6. The van der Waals surface area contributed by atoms with Crippen LogP contribution in [0.1, 0.15) is 18.2 Å². The zero-order valence-corrected chi connectivity index (χ0v) is 13.4. The van der Waals surface area contributed by atoms with Crippen molar-refractivity contribution in [1.82, 2.24) is 4.98 Å². The monoisotopic (exact) mass is 337 g/mol. The summed E-state index contributed by atoms with van der Waals surface area (Å²) >= 11 is 0. The second-order valence-corrected chi connectivity index (χ2v) is 7.74. The molecule has 0 spiro atoms. The van der Waals surface area contributed by atoms with E-state index in [4.69, 9.17) is 0 Å².